The summed E-state index contributed by atoms with van der Waals surface area (Å²) >= 11 is 0. The molecule has 0 radical (unpaired) electrons. The molecular weight excluding hydrogens is 231 g/mol. The van der Waals surface area contributed by atoms with Crippen LogP contribution >= 0.6 is 0 Å². The fourth-order valence-electron chi connectivity index (χ4n) is 1.70. The van der Waals surface area contributed by atoms with Crippen molar-refractivity contribution < 1.29 is 14.2 Å². The van der Waals surface area contributed by atoms with E-state index in [2.05, 4.69) is 0 Å². The quantitative estimate of drug-likeness (QED) is 0.878. The van der Waals surface area contributed by atoms with E-state index in [0.29, 0.717) is 6.61 Å². The highest BCUT2D eigenvalue weighted by molar-refractivity contribution is 5.19. The topological polar surface area (TPSA) is 29.5 Å². The van der Waals surface area contributed by atoms with Crippen LogP contribution in [0.25, 0.3) is 0 Å². The lowest BCUT2D eigenvalue weighted by molar-refractivity contribution is 0.0260. The Bertz CT molecular complexity index is 485. The average molecular weight is 246 g/mol. The Morgan fingerprint density at radius 2 is 1.67 bits per heavy atom. The van der Waals surface area contributed by atoms with E-state index in [-0.39, 0.29) is 12.2 Å². The lowest BCUT2D eigenvalue weighted by atomic mass is 10.1. The minimum Gasteiger partial charge on any atom is -0.386 e. The molecule has 0 saturated heterocycles. The van der Waals surface area contributed by atoms with Crippen LogP contribution in [0.1, 0.15) is 17.2 Å². The van der Waals surface area contributed by atoms with E-state index in [1.54, 1.807) is 18.2 Å². The molecule has 0 aliphatic heterocycles. The van der Waals surface area contributed by atoms with Gasteiger partial charge in [-0.05, 0) is 11.6 Å². The molecule has 0 saturated carbocycles. The second-order valence-electron chi connectivity index (χ2n) is 4.04. The van der Waals surface area contributed by atoms with Gasteiger partial charge in [0.15, 0.2) is 0 Å². The first-order valence-corrected chi connectivity index (χ1v) is 5.81. The van der Waals surface area contributed by atoms with Gasteiger partial charge in [0.25, 0.3) is 0 Å². The molecule has 1 atom stereocenters. The van der Waals surface area contributed by atoms with Gasteiger partial charge in [0.05, 0.1) is 13.2 Å². The highest BCUT2D eigenvalue weighted by Gasteiger charge is 2.11. The summed E-state index contributed by atoms with van der Waals surface area (Å²) < 4.78 is 18.7. The molecule has 2 nitrogen and oxygen atoms in total. The minimum absolute atomic E-state index is 0.0792. The summed E-state index contributed by atoms with van der Waals surface area (Å²) in [5.74, 6) is -0.409. The number of halogens is 1. The van der Waals surface area contributed by atoms with E-state index in [0.717, 1.165) is 5.56 Å². The van der Waals surface area contributed by atoms with Crippen molar-refractivity contribution in [3.63, 3.8) is 0 Å². The molecular formula is C15H15FO2. The van der Waals surface area contributed by atoms with Crippen molar-refractivity contribution in [3.05, 3.63) is 71.5 Å². The van der Waals surface area contributed by atoms with E-state index >= 15 is 0 Å². The third-order valence-electron chi connectivity index (χ3n) is 2.65. The molecule has 0 spiro atoms. The largest absolute Gasteiger partial charge is 0.386 e. The predicted molar refractivity (Wildman–Crippen MR) is 67.5 cm³/mol. The summed E-state index contributed by atoms with van der Waals surface area (Å²) in [6.07, 6.45) is -0.935. The molecule has 0 heterocycles. The minimum atomic E-state index is -0.935. The lowest BCUT2D eigenvalue weighted by Crippen LogP contribution is -2.09. The van der Waals surface area contributed by atoms with Crippen LogP contribution in [0.3, 0.4) is 0 Å². The number of hydrogen-bond acceptors (Lipinski definition) is 2. The second-order valence-corrected chi connectivity index (χ2v) is 4.04. The first-order valence-electron chi connectivity index (χ1n) is 5.81. The fraction of sp³-hybridized carbons (Fsp3) is 0.200. The smallest absolute Gasteiger partial charge is 0.129 e. The van der Waals surface area contributed by atoms with Gasteiger partial charge in [-0.15, -0.1) is 0 Å². The number of hydrogen-bond donors (Lipinski definition) is 1. The Morgan fingerprint density at radius 1 is 1.00 bits per heavy atom. The van der Waals surface area contributed by atoms with E-state index in [4.69, 9.17) is 4.74 Å². The van der Waals surface area contributed by atoms with Gasteiger partial charge >= 0.3 is 0 Å². The summed E-state index contributed by atoms with van der Waals surface area (Å²) in [5.41, 5.74) is 1.30. The maximum atomic E-state index is 13.4. The van der Waals surface area contributed by atoms with E-state index < -0.39 is 11.9 Å². The number of aliphatic hydroxyl groups excluding tert-OH is 1. The molecule has 0 bridgehead atoms. The second kappa shape index (κ2) is 6.28. The van der Waals surface area contributed by atoms with Crippen LogP contribution in [0.15, 0.2) is 54.6 Å². The van der Waals surface area contributed by atoms with E-state index in [1.807, 2.05) is 30.3 Å². The Morgan fingerprint density at radius 3 is 2.39 bits per heavy atom. The molecule has 0 aliphatic carbocycles. The third-order valence-corrected chi connectivity index (χ3v) is 2.65. The molecule has 2 aromatic rings. The first-order chi connectivity index (χ1) is 8.77. The van der Waals surface area contributed by atoms with Crippen molar-refractivity contribution in [2.75, 3.05) is 6.61 Å². The predicted octanol–water partition coefficient (Wildman–Crippen LogP) is 3.08. The number of ether oxygens (including phenoxy) is 1. The Labute approximate surface area is 106 Å². The highest BCUT2D eigenvalue weighted by atomic mass is 19.1. The summed E-state index contributed by atoms with van der Waals surface area (Å²) in [6.45, 7) is 0.488. The third kappa shape index (κ3) is 3.39. The maximum absolute atomic E-state index is 13.4. The zero-order valence-electron chi connectivity index (χ0n) is 9.92. The number of aliphatic hydroxyl groups is 1. The molecule has 0 aromatic heterocycles. The van der Waals surface area contributed by atoms with Crippen LogP contribution < -0.4 is 0 Å². The molecule has 2 rings (SSSR count). The molecule has 2 aromatic carbocycles. The van der Waals surface area contributed by atoms with Gasteiger partial charge in [0.1, 0.15) is 11.9 Å². The zero-order chi connectivity index (χ0) is 12.8. The lowest BCUT2D eigenvalue weighted by Gasteiger charge is -2.12. The van der Waals surface area contributed by atoms with Crippen LogP contribution in [-0.2, 0) is 11.3 Å². The van der Waals surface area contributed by atoms with Gasteiger partial charge in [0, 0.05) is 5.56 Å². The molecule has 0 fully saturated rings. The Kier molecular flexibility index (Phi) is 4.45. The van der Waals surface area contributed by atoms with Gasteiger partial charge in [-0.1, -0.05) is 48.5 Å². The number of benzene rings is 2. The summed E-state index contributed by atoms with van der Waals surface area (Å²) in [7, 11) is 0. The molecule has 94 valence electrons. The van der Waals surface area contributed by atoms with Crippen molar-refractivity contribution in [1.82, 2.24) is 0 Å². The van der Waals surface area contributed by atoms with Crippen LogP contribution in [-0.4, -0.2) is 11.7 Å². The monoisotopic (exact) mass is 246 g/mol. The van der Waals surface area contributed by atoms with Crippen LogP contribution in [0.5, 0.6) is 0 Å². The van der Waals surface area contributed by atoms with Crippen molar-refractivity contribution in [2.24, 2.45) is 0 Å². The molecule has 3 heteroatoms. The Balaban J connectivity index is 1.86. The van der Waals surface area contributed by atoms with Gasteiger partial charge in [-0.3, -0.25) is 0 Å². The summed E-state index contributed by atoms with van der Waals surface area (Å²) in [4.78, 5) is 0. The standard InChI is InChI=1S/C15H15FO2/c16-14-9-5-4-8-13(14)15(17)11-18-10-12-6-2-1-3-7-12/h1-9,15,17H,10-11H2. The molecule has 1 N–H and O–H groups in total. The first kappa shape index (κ1) is 12.7. The Hall–Kier alpha value is -1.71. The normalized spacial score (nSPS) is 12.3. The van der Waals surface area contributed by atoms with Gasteiger partial charge < -0.3 is 9.84 Å². The number of rotatable bonds is 5. The molecule has 0 aliphatic rings. The van der Waals surface area contributed by atoms with Crippen molar-refractivity contribution in [3.8, 4) is 0 Å². The molecule has 18 heavy (non-hydrogen) atoms. The van der Waals surface area contributed by atoms with E-state index in [1.165, 1.54) is 6.07 Å². The molecule has 0 amide bonds. The molecule has 1 unspecified atom stereocenters. The zero-order valence-corrected chi connectivity index (χ0v) is 9.92. The van der Waals surface area contributed by atoms with E-state index in [9.17, 15) is 9.50 Å². The van der Waals surface area contributed by atoms with Gasteiger partial charge in [0.2, 0.25) is 0 Å². The van der Waals surface area contributed by atoms with Crippen LogP contribution in [0.4, 0.5) is 4.39 Å². The van der Waals surface area contributed by atoms with Crippen LogP contribution in [0.2, 0.25) is 0 Å². The fourth-order valence-corrected chi connectivity index (χ4v) is 1.70. The SMILES string of the molecule is OC(COCc1ccccc1)c1ccccc1F. The summed E-state index contributed by atoms with van der Waals surface area (Å²) in [6, 6.07) is 15.8. The maximum Gasteiger partial charge on any atom is 0.129 e. The summed E-state index contributed by atoms with van der Waals surface area (Å²) in [5, 5.41) is 9.81. The van der Waals surface area contributed by atoms with Crippen molar-refractivity contribution >= 4 is 0 Å². The van der Waals surface area contributed by atoms with Crippen molar-refractivity contribution in [1.29, 1.82) is 0 Å². The van der Waals surface area contributed by atoms with Crippen molar-refractivity contribution in [2.45, 2.75) is 12.7 Å². The highest BCUT2D eigenvalue weighted by Crippen LogP contribution is 2.17. The average Bonchev–Trinajstić information content (AvgIpc) is 2.40. The van der Waals surface area contributed by atoms with Crippen LogP contribution in [0, 0.1) is 5.82 Å². The van der Waals surface area contributed by atoms with Gasteiger partial charge in [-0.2, -0.15) is 0 Å². The van der Waals surface area contributed by atoms with Gasteiger partial charge in [-0.25, -0.2) is 4.39 Å².